The molecule has 1 fully saturated rings. The van der Waals surface area contributed by atoms with Crippen molar-refractivity contribution in [2.75, 3.05) is 56.9 Å². The summed E-state index contributed by atoms with van der Waals surface area (Å²) in [6.07, 6.45) is 11.6. The van der Waals surface area contributed by atoms with Crippen LogP contribution in [0.25, 0.3) is 0 Å². The molecule has 14 heteroatoms. The number of hydrogen-bond donors (Lipinski definition) is 3. The Balaban J connectivity index is 1.21. The number of carbonyl (C=O) groups is 3. The van der Waals surface area contributed by atoms with E-state index < -0.39 is 17.6 Å². The molecule has 2 aromatic rings. The van der Waals surface area contributed by atoms with Crippen LogP contribution in [0, 0.1) is 0 Å². The lowest BCUT2D eigenvalue weighted by Gasteiger charge is -2.34. The monoisotopic (exact) mass is 677 g/mol. The Kier molecular flexibility index (Phi) is 11.5. The zero-order chi connectivity index (χ0) is 34.1. The minimum atomic E-state index is -0.656. The SMILES string of the molecule is CN1CCN(CCN(Cc2ccc(C(=O)Nc3cscc3NC(=O)OC(C)(C)C)nc2)C(=O)NC2=COC=C(C3=CC=CCC3)O2)CC1. The third-order valence-corrected chi connectivity index (χ3v) is 8.42. The van der Waals surface area contributed by atoms with Crippen LogP contribution in [0.2, 0.25) is 0 Å². The number of pyridine rings is 1. The molecule has 5 rings (SSSR count). The van der Waals surface area contributed by atoms with Crippen molar-refractivity contribution < 1.29 is 28.6 Å². The Morgan fingerprint density at radius 3 is 2.50 bits per heavy atom. The molecule has 0 bridgehead atoms. The van der Waals surface area contributed by atoms with Gasteiger partial charge in [-0.05, 0) is 57.9 Å². The average molecular weight is 678 g/mol. The second-order valence-corrected chi connectivity index (χ2v) is 13.4. The largest absolute Gasteiger partial charge is 0.463 e. The molecule has 3 N–H and O–H groups in total. The van der Waals surface area contributed by atoms with Gasteiger partial charge in [0.05, 0.1) is 11.4 Å². The Morgan fingerprint density at radius 1 is 1.04 bits per heavy atom. The van der Waals surface area contributed by atoms with Crippen LogP contribution in [0.4, 0.5) is 21.0 Å². The number of amides is 4. The van der Waals surface area contributed by atoms with Crippen molar-refractivity contribution in [3.63, 3.8) is 0 Å². The van der Waals surface area contributed by atoms with E-state index >= 15 is 0 Å². The molecule has 1 saturated heterocycles. The second-order valence-electron chi connectivity index (χ2n) is 12.7. The lowest BCUT2D eigenvalue weighted by Crippen LogP contribution is -2.48. The summed E-state index contributed by atoms with van der Waals surface area (Å²) >= 11 is 1.33. The number of aromatic nitrogens is 1. The Hall–Kier alpha value is -4.66. The molecule has 4 amide bonds. The first-order valence-corrected chi connectivity index (χ1v) is 16.9. The minimum absolute atomic E-state index is 0.186. The molecule has 13 nitrogen and oxygen atoms in total. The first-order chi connectivity index (χ1) is 23.0. The molecule has 4 heterocycles. The van der Waals surface area contributed by atoms with E-state index in [2.05, 4.69) is 43.9 Å². The van der Waals surface area contributed by atoms with Gasteiger partial charge in [-0.25, -0.2) is 9.59 Å². The van der Waals surface area contributed by atoms with Crippen molar-refractivity contribution in [1.82, 2.24) is 25.0 Å². The molecule has 0 spiro atoms. The fourth-order valence-corrected chi connectivity index (χ4v) is 5.77. The van der Waals surface area contributed by atoms with Gasteiger partial charge in [-0.3, -0.25) is 25.3 Å². The highest BCUT2D eigenvalue weighted by atomic mass is 32.1. The van der Waals surface area contributed by atoms with Crippen LogP contribution < -0.4 is 16.0 Å². The molecule has 256 valence electrons. The molecule has 3 aliphatic rings. The Morgan fingerprint density at radius 2 is 1.81 bits per heavy atom. The number of allylic oxidation sites excluding steroid dienone is 4. The van der Waals surface area contributed by atoms with Crippen molar-refractivity contribution in [2.45, 2.75) is 45.8 Å². The maximum absolute atomic E-state index is 13.6. The molecule has 48 heavy (non-hydrogen) atoms. The van der Waals surface area contributed by atoms with Gasteiger partial charge < -0.3 is 29.3 Å². The van der Waals surface area contributed by atoms with Gasteiger partial charge in [0.15, 0.2) is 12.0 Å². The van der Waals surface area contributed by atoms with Gasteiger partial charge in [0.2, 0.25) is 5.88 Å². The number of urea groups is 1. The number of anilines is 2. The predicted molar refractivity (Wildman–Crippen MR) is 184 cm³/mol. The molecule has 0 radical (unpaired) electrons. The molecule has 2 aromatic heterocycles. The Labute approximate surface area is 284 Å². The van der Waals surface area contributed by atoms with Crippen LogP contribution in [0.15, 0.2) is 77.1 Å². The lowest BCUT2D eigenvalue weighted by molar-refractivity contribution is 0.0635. The van der Waals surface area contributed by atoms with Crippen molar-refractivity contribution in [1.29, 1.82) is 0 Å². The van der Waals surface area contributed by atoms with Gasteiger partial charge in [-0.1, -0.05) is 24.3 Å². The molecule has 1 aliphatic carbocycles. The van der Waals surface area contributed by atoms with Gasteiger partial charge in [0, 0.05) is 62.8 Å². The molecule has 2 aliphatic heterocycles. The van der Waals surface area contributed by atoms with Crippen LogP contribution >= 0.6 is 11.3 Å². The lowest BCUT2D eigenvalue weighted by atomic mass is 10.0. The van der Waals surface area contributed by atoms with E-state index in [4.69, 9.17) is 14.2 Å². The van der Waals surface area contributed by atoms with Crippen LogP contribution in [-0.4, -0.2) is 89.6 Å². The first kappa shape index (κ1) is 34.7. The number of hydrogen-bond acceptors (Lipinski definition) is 10. The number of ether oxygens (including phenoxy) is 3. The first-order valence-electron chi connectivity index (χ1n) is 15.9. The quantitative estimate of drug-likeness (QED) is 0.299. The summed E-state index contributed by atoms with van der Waals surface area (Å²) in [5, 5.41) is 11.7. The van der Waals surface area contributed by atoms with Gasteiger partial charge in [-0.2, -0.15) is 0 Å². The van der Waals surface area contributed by atoms with E-state index in [1.54, 1.807) is 54.8 Å². The van der Waals surface area contributed by atoms with Crippen molar-refractivity contribution in [2.24, 2.45) is 0 Å². The van der Waals surface area contributed by atoms with E-state index in [-0.39, 0.29) is 24.2 Å². The summed E-state index contributed by atoms with van der Waals surface area (Å²) < 4.78 is 16.8. The number of thiophene rings is 1. The van der Waals surface area contributed by atoms with Crippen LogP contribution in [-0.2, 0) is 20.8 Å². The molecular formula is C34H43N7O6S. The number of nitrogens with one attached hydrogen (secondary N) is 3. The van der Waals surface area contributed by atoms with Gasteiger partial charge >= 0.3 is 12.1 Å². The maximum atomic E-state index is 13.6. The van der Waals surface area contributed by atoms with E-state index in [0.717, 1.165) is 50.2 Å². The Bertz CT molecular complexity index is 1580. The third kappa shape index (κ3) is 10.2. The van der Waals surface area contributed by atoms with E-state index in [1.807, 2.05) is 12.2 Å². The highest BCUT2D eigenvalue weighted by molar-refractivity contribution is 7.09. The van der Waals surface area contributed by atoms with E-state index in [9.17, 15) is 14.4 Å². The number of likely N-dealkylation sites (N-methyl/N-ethyl adjacent to an activating group) is 1. The smallest absolute Gasteiger partial charge is 0.412 e. The fourth-order valence-electron chi connectivity index (χ4n) is 5.06. The van der Waals surface area contributed by atoms with Crippen LogP contribution in [0.1, 0.15) is 49.7 Å². The predicted octanol–water partition coefficient (Wildman–Crippen LogP) is 5.46. The number of nitrogens with zero attached hydrogens (tertiary/aromatic N) is 4. The minimum Gasteiger partial charge on any atom is -0.463 e. The highest BCUT2D eigenvalue weighted by Crippen LogP contribution is 2.28. The van der Waals surface area contributed by atoms with Gasteiger partial charge in [0.25, 0.3) is 5.91 Å². The number of piperazine rings is 1. The summed E-state index contributed by atoms with van der Waals surface area (Å²) in [5.41, 5.74) is 2.14. The average Bonchev–Trinajstić information content (AvgIpc) is 3.49. The summed E-state index contributed by atoms with van der Waals surface area (Å²) in [4.78, 5) is 49.6. The summed E-state index contributed by atoms with van der Waals surface area (Å²) in [5.74, 6) is 0.330. The fraction of sp³-hybridized carbons (Fsp3) is 0.412. The van der Waals surface area contributed by atoms with E-state index in [1.165, 1.54) is 23.9 Å². The summed E-state index contributed by atoms with van der Waals surface area (Å²) in [7, 11) is 2.11. The van der Waals surface area contributed by atoms with Crippen LogP contribution in [0.5, 0.6) is 0 Å². The van der Waals surface area contributed by atoms with Crippen LogP contribution in [0.3, 0.4) is 0 Å². The molecule has 0 atom stereocenters. The van der Waals surface area contributed by atoms with Crippen molar-refractivity contribution >= 4 is 40.7 Å². The van der Waals surface area contributed by atoms with Crippen molar-refractivity contribution in [3.05, 3.63) is 88.3 Å². The van der Waals surface area contributed by atoms with Gasteiger partial charge in [-0.15, -0.1) is 11.3 Å². The normalized spacial score (nSPS) is 16.8. The summed E-state index contributed by atoms with van der Waals surface area (Å²) in [6, 6.07) is 3.04. The standard InChI is InChI=1S/C34H43N7O6S/c1-34(2,3)47-33(44)37-28-23-48-22-27(28)36-31(42)26-11-10-24(18-35-26)19-41(17-16-40-14-12-39(4)13-15-40)32(43)38-30-21-45-20-29(46-30)25-8-6-5-7-9-25/h5-6,8,10-11,18,20-23H,7,9,12-17,19H2,1-4H3,(H,36,42)(H,37,44)(H,38,43). The molecule has 0 unspecified atom stereocenters. The van der Waals surface area contributed by atoms with Crippen molar-refractivity contribution in [3.8, 4) is 0 Å². The highest BCUT2D eigenvalue weighted by Gasteiger charge is 2.23. The summed E-state index contributed by atoms with van der Waals surface area (Å²) in [6.45, 7) is 10.6. The van der Waals surface area contributed by atoms with Gasteiger partial charge in [0.1, 0.15) is 17.6 Å². The second kappa shape index (κ2) is 16.0. The zero-order valence-electron chi connectivity index (χ0n) is 27.8. The topological polar surface area (TPSA) is 138 Å². The third-order valence-electron chi connectivity index (χ3n) is 7.68. The number of rotatable bonds is 10. The zero-order valence-corrected chi connectivity index (χ0v) is 28.6. The number of carbonyl (C=O) groups excluding carboxylic acids is 3. The molecule has 0 saturated carbocycles. The maximum Gasteiger partial charge on any atom is 0.412 e. The molecule has 0 aromatic carbocycles. The van der Waals surface area contributed by atoms with E-state index in [0.29, 0.717) is 30.2 Å². The molecular weight excluding hydrogens is 634 g/mol.